The van der Waals surface area contributed by atoms with Crippen LogP contribution in [0, 0.1) is 6.92 Å². The molecule has 3 aromatic rings. The molecule has 0 aliphatic rings. The second kappa shape index (κ2) is 4.73. The smallest absolute Gasteiger partial charge is 0.354 e. The summed E-state index contributed by atoms with van der Waals surface area (Å²) in [5, 5.41) is 11.1. The Morgan fingerprint density at radius 2 is 1.90 bits per heavy atom. The van der Waals surface area contributed by atoms with Crippen molar-refractivity contribution >= 4 is 16.9 Å². The van der Waals surface area contributed by atoms with E-state index in [4.69, 9.17) is 0 Å². The van der Waals surface area contributed by atoms with Crippen LogP contribution in [0.5, 0.6) is 0 Å². The molecule has 0 bridgehead atoms. The maximum atomic E-state index is 12.3. The second-order valence-electron chi connectivity index (χ2n) is 4.38. The average molecular weight is 267 g/mol. The molecule has 0 radical (unpaired) electrons. The molecule has 3 rings (SSSR count). The van der Waals surface area contributed by atoms with Crippen LogP contribution in [-0.2, 0) is 0 Å². The normalized spacial score (nSPS) is 10.7. The first kappa shape index (κ1) is 12.3. The zero-order chi connectivity index (χ0) is 14.1. The highest BCUT2D eigenvalue weighted by Crippen LogP contribution is 2.19. The number of aryl methyl sites for hydroxylation is 1. The van der Waals surface area contributed by atoms with Crippen molar-refractivity contribution < 1.29 is 0 Å². The van der Waals surface area contributed by atoms with Gasteiger partial charge in [-0.25, -0.2) is 4.79 Å². The van der Waals surface area contributed by atoms with Crippen molar-refractivity contribution in [2.75, 3.05) is 12.4 Å². The fraction of sp³-hybridized carbons (Fsp3) is 0.143. The molecule has 0 fully saturated rings. The lowest BCUT2D eigenvalue weighted by molar-refractivity contribution is 0.929. The van der Waals surface area contributed by atoms with Crippen molar-refractivity contribution in [2.45, 2.75) is 6.92 Å². The third-order valence-electron chi connectivity index (χ3n) is 3.01. The van der Waals surface area contributed by atoms with Gasteiger partial charge in [-0.15, -0.1) is 5.10 Å². The van der Waals surface area contributed by atoms with Crippen LogP contribution in [0.3, 0.4) is 0 Å². The Morgan fingerprint density at radius 3 is 2.60 bits per heavy atom. The van der Waals surface area contributed by atoms with Crippen LogP contribution in [-0.4, -0.2) is 26.8 Å². The van der Waals surface area contributed by atoms with Gasteiger partial charge in [-0.05, 0) is 25.1 Å². The number of nitrogens with zero attached hydrogens (tertiary/aromatic N) is 4. The van der Waals surface area contributed by atoms with Crippen molar-refractivity contribution in [3.05, 3.63) is 52.6 Å². The van der Waals surface area contributed by atoms with Crippen LogP contribution < -0.4 is 11.0 Å². The standard InChI is InChI=1S/C14H13N5O/c1-9-8-11-12(18-17-9)13(15-2)16-14(20)19(11)10-6-4-3-5-7-10/h3-8H,1-2H3,(H,15,16,20). The third-order valence-corrected chi connectivity index (χ3v) is 3.01. The molecule has 0 atom stereocenters. The zero-order valence-corrected chi connectivity index (χ0v) is 11.2. The summed E-state index contributed by atoms with van der Waals surface area (Å²) < 4.78 is 1.54. The Hall–Kier alpha value is -2.76. The lowest BCUT2D eigenvalue weighted by Gasteiger charge is -2.11. The molecule has 2 heterocycles. The topological polar surface area (TPSA) is 72.7 Å². The largest absolute Gasteiger partial charge is 0.371 e. The van der Waals surface area contributed by atoms with E-state index < -0.39 is 0 Å². The second-order valence-corrected chi connectivity index (χ2v) is 4.38. The van der Waals surface area contributed by atoms with Crippen molar-refractivity contribution in [3.63, 3.8) is 0 Å². The summed E-state index contributed by atoms with van der Waals surface area (Å²) in [5.41, 5.74) is 2.41. The SMILES string of the molecule is CNc1nc(=O)n(-c2ccccc2)c2cc(C)nnc12. The molecule has 100 valence electrons. The van der Waals surface area contributed by atoms with Gasteiger partial charge in [0.05, 0.1) is 16.9 Å². The Labute approximate surface area is 115 Å². The fourth-order valence-corrected chi connectivity index (χ4v) is 2.12. The van der Waals surface area contributed by atoms with Crippen LogP contribution in [0.2, 0.25) is 0 Å². The summed E-state index contributed by atoms with van der Waals surface area (Å²) in [6.07, 6.45) is 0. The van der Waals surface area contributed by atoms with E-state index in [1.165, 1.54) is 4.57 Å². The summed E-state index contributed by atoms with van der Waals surface area (Å²) in [6.45, 7) is 1.84. The number of para-hydroxylation sites is 1. The van der Waals surface area contributed by atoms with Crippen molar-refractivity contribution in [3.8, 4) is 5.69 Å². The molecule has 0 amide bonds. The van der Waals surface area contributed by atoms with Gasteiger partial charge in [-0.1, -0.05) is 18.2 Å². The maximum Gasteiger partial charge on any atom is 0.354 e. The van der Waals surface area contributed by atoms with E-state index in [-0.39, 0.29) is 5.69 Å². The number of fused-ring (bicyclic) bond motifs is 1. The summed E-state index contributed by atoms with van der Waals surface area (Å²) in [7, 11) is 1.70. The molecule has 0 saturated carbocycles. The van der Waals surface area contributed by atoms with E-state index in [0.29, 0.717) is 16.9 Å². The van der Waals surface area contributed by atoms with Gasteiger partial charge >= 0.3 is 5.69 Å². The van der Waals surface area contributed by atoms with Crippen LogP contribution in [0.15, 0.2) is 41.2 Å². The Balaban J connectivity index is 2.46. The minimum absolute atomic E-state index is 0.347. The van der Waals surface area contributed by atoms with Gasteiger partial charge in [0.25, 0.3) is 0 Å². The highest BCUT2D eigenvalue weighted by molar-refractivity contribution is 5.86. The molecule has 0 aliphatic heterocycles. The molecule has 0 aliphatic carbocycles. The minimum atomic E-state index is -0.347. The molecular formula is C14H13N5O. The van der Waals surface area contributed by atoms with E-state index in [2.05, 4.69) is 20.5 Å². The first-order valence-corrected chi connectivity index (χ1v) is 6.21. The van der Waals surface area contributed by atoms with Gasteiger partial charge in [-0.3, -0.25) is 4.57 Å². The van der Waals surface area contributed by atoms with Crippen molar-refractivity contribution in [1.82, 2.24) is 19.7 Å². The monoisotopic (exact) mass is 267 g/mol. The first-order chi connectivity index (χ1) is 9.70. The number of benzene rings is 1. The highest BCUT2D eigenvalue weighted by Gasteiger charge is 2.12. The lowest BCUT2D eigenvalue weighted by atomic mass is 10.2. The molecule has 1 aromatic carbocycles. The first-order valence-electron chi connectivity index (χ1n) is 6.21. The van der Waals surface area contributed by atoms with Gasteiger partial charge in [-0.2, -0.15) is 10.1 Å². The predicted molar refractivity (Wildman–Crippen MR) is 77.2 cm³/mol. The lowest BCUT2D eigenvalue weighted by Crippen LogP contribution is -2.23. The summed E-state index contributed by atoms with van der Waals surface area (Å²) >= 11 is 0. The van der Waals surface area contributed by atoms with E-state index in [9.17, 15) is 4.79 Å². The number of hydrogen-bond donors (Lipinski definition) is 1. The average Bonchev–Trinajstić information content (AvgIpc) is 2.47. The van der Waals surface area contributed by atoms with Crippen LogP contribution >= 0.6 is 0 Å². The molecule has 6 nitrogen and oxygen atoms in total. The summed E-state index contributed by atoms with van der Waals surface area (Å²) in [4.78, 5) is 16.3. The minimum Gasteiger partial charge on any atom is -0.371 e. The van der Waals surface area contributed by atoms with E-state index in [1.54, 1.807) is 7.05 Å². The Bertz CT molecular complexity index is 826. The fourth-order valence-electron chi connectivity index (χ4n) is 2.12. The number of rotatable bonds is 2. The molecule has 0 saturated heterocycles. The Kier molecular flexibility index (Phi) is 2.90. The van der Waals surface area contributed by atoms with Gasteiger partial charge in [0.2, 0.25) is 0 Å². The van der Waals surface area contributed by atoms with Crippen LogP contribution in [0.1, 0.15) is 5.69 Å². The number of hydrogen-bond acceptors (Lipinski definition) is 5. The maximum absolute atomic E-state index is 12.3. The van der Waals surface area contributed by atoms with Crippen LogP contribution in [0.4, 0.5) is 5.82 Å². The molecule has 2 aromatic heterocycles. The number of aromatic nitrogens is 4. The van der Waals surface area contributed by atoms with Crippen molar-refractivity contribution in [1.29, 1.82) is 0 Å². The van der Waals surface area contributed by atoms with Gasteiger partial charge in [0, 0.05) is 7.05 Å². The van der Waals surface area contributed by atoms with E-state index >= 15 is 0 Å². The predicted octanol–water partition coefficient (Wildman–Crippen LogP) is 1.53. The van der Waals surface area contributed by atoms with Gasteiger partial charge in [0.1, 0.15) is 0 Å². The van der Waals surface area contributed by atoms with Gasteiger partial charge < -0.3 is 5.32 Å². The summed E-state index contributed by atoms with van der Waals surface area (Å²) in [5.74, 6) is 0.435. The molecule has 1 N–H and O–H groups in total. The summed E-state index contributed by atoms with van der Waals surface area (Å²) in [6, 6.07) is 11.2. The Morgan fingerprint density at radius 1 is 1.15 bits per heavy atom. The molecule has 0 unspecified atom stereocenters. The van der Waals surface area contributed by atoms with E-state index in [1.807, 2.05) is 43.3 Å². The molecule has 0 spiro atoms. The third kappa shape index (κ3) is 1.91. The zero-order valence-electron chi connectivity index (χ0n) is 11.2. The van der Waals surface area contributed by atoms with E-state index in [0.717, 1.165) is 11.4 Å². The number of anilines is 1. The molecular weight excluding hydrogens is 254 g/mol. The van der Waals surface area contributed by atoms with Crippen LogP contribution in [0.25, 0.3) is 16.7 Å². The van der Waals surface area contributed by atoms with Crippen molar-refractivity contribution in [2.24, 2.45) is 0 Å². The highest BCUT2D eigenvalue weighted by atomic mass is 16.1. The molecule has 6 heteroatoms. The molecule has 20 heavy (non-hydrogen) atoms. The quantitative estimate of drug-likeness (QED) is 0.762. The number of nitrogens with one attached hydrogen (secondary N) is 1. The van der Waals surface area contributed by atoms with Gasteiger partial charge in [0.15, 0.2) is 11.3 Å².